The van der Waals surface area contributed by atoms with Crippen LogP contribution in [0.1, 0.15) is 73.0 Å². The number of carbonyl (C=O) groups is 5. The number of aromatic nitrogens is 2. The van der Waals surface area contributed by atoms with Gasteiger partial charge in [0, 0.05) is 85.7 Å². The summed E-state index contributed by atoms with van der Waals surface area (Å²) in [5.74, 6) is -1.20. The lowest BCUT2D eigenvalue weighted by Crippen LogP contribution is -2.52. The van der Waals surface area contributed by atoms with Crippen molar-refractivity contribution in [1.82, 2.24) is 35.7 Å². The largest absolute Gasteiger partial charge is 0.487 e. The number of imide groups is 1. The number of piperidine rings is 2. The summed E-state index contributed by atoms with van der Waals surface area (Å²) in [6.45, 7) is 3.98. The molecule has 19 heteroatoms. The van der Waals surface area contributed by atoms with Gasteiger partial charge in [0.1, 0.15) is 11.9 Å². The highest BCUT2D eigenvalue weighted by Gasteiger charge is 2.44. The second-order valence-corrected chi connectivity index (χ2v) is 18.3. The maximum Gasteiger partial charge on any atom is 0.255 e. The number of amides is 5. The summed E-state index contributed by atoms with van der Waals surface area (Å²) in [6, 6.07) is 14.9. The molecule has 4 aromatic rings. The van der Waals surface area contributed by atoms with E-state index in [1.165, 1.54) is 22.3 Å². The SMILES string of the molecule is O=C1CCC(N2Cc3c(NC(=O)CNCCOCCN4CCC(NC(=O)C5(Cc6cccc(Nc7nccs7)n6)CCC(Oc6cccc(Cl)c6F)CC5)CC4)cccc3C2=O)C(=O)N1. The van der Waals surface area contributed by atoms with Gasteiger partial charge < -0.3 is 40.5 Å². The van der Waals surface area contributed by atoms with E-state index in [1.807, 2.05) is 23.6 Å². The molecule has 1 atom stereocenters. The first kappa shape index (κ1) is 46.0. The van der Waals surface area contributed by atoms with Gasteiger partial charge in [-0.05, 0) is 81.3 Å². The highest BCUT2D eigenvalue weighted by atomic mass is 35.5. The predicted molar refractivity (Wildman–Crippen MR) is 242 cm³/mol. The van der Waals surface area contributed by atoms with Crippen molar-refractivity contribution in [3.63, 3.8) is 0 Å². The van der Waals surface area contributed by atoms with Crippen molar-refractivity contribution in [3.8, 4) is 5.75 Å². The highest BCUT2D eigenvalue weighted by molar-refractivity contribution is 7.13. The molecule has 1 aliphatic carbocycles. The summed E-state index contributed by atoms with van der Waals surface area (Å²) in [5.41, 5.74) is 1.66. The third kappa shape index (κ3) is 11.5. The van der Waals surface area contributed by atoms with Gasteiger partial charge in [0.25, 0.3) is 5.91 Å². The molecule has 5 heterocycles. The second kappa shape index (κ2) is 21.2. The van der Waals surface area contributed by atoms with Crippen molar-refractivity contribution < 1.29 is 37.8 Å². The Morgan fingerprint density at radius 3 is 2.57 bits per heavy atom. The van der Waals surface area contributed by atoms with Gasteiger partial charge >= 0.3 is 0 Å². The first-order valence-corrected chi connectivity index (χ1v) is 23.4. The van der Waals surface area contributed by atoms with E-state index in [9.17, 15) is 28.4 Å². The average molecular weight is 931 g/mol. The molecule has 16 nitrogen and oxygen atoms in total. The topological polar surface area (TPSA) is 196 Å². The number of likely N-dealkylation sites (tertiary alicyclic amines) is 1. The van der Waals surface area contributed by atoms with Crippen LogP contribution in [0, 0.1) is 11.2 Å². The number of fused-ring (bicyclic) bond motifs is 1. The van der Waals surface area contributed by atoms with Crippen molar-refractivity contribution in [1.29, 1.82) is 0 Å². The Bertz CT molecular complexity index is 2360. The van der Waals surface area contributed by atoms with Crippen LogP contribution in [0.3, 0.4) is 0 Å². The van der Waals surface area contributed by atoms with Crippen LogP contribution in [0.2, 0.25) is 5.02 Å². The Labute approximate surface area is 385 Å². The lowest BCUT2D eigenvalue weighted by Gasteiger charge is -2.41. The predicted octanol–water partition coefficient (Wildman–Crippen LogP) is 5.21. The standard InChI is InChI=1S/C46H53ClFN9O7S/c47-34-6-3-8-37(41(34)48)64-31-12-16-46(17-13-31,26-30-4-1-9-38(51-30)54-45-50-19-25-65-45)44(62)52-29-14-20-56(21-15-29)22-24-63-23-18-49-27-40(59)53-35-7-2-5-32-33(35)28-57(43(32)61)36-10-11-39(58)55-42(36)60/h1-9,19,25,29,31,36,49H,10-18,20-24,26-28H2,(H,52,62)(H,53,59)(H,50,51,54)(H,55,58,60). The molecule has 8 rings (SSSR count). The van der Waals surface area contributed by atoms with E-state index >= 15 is 0 Å². The molecule has 0 spiro atoms. The minimum absolute atomic E-state index is 0.00661. The number of ether oxygens (including phenoxy) is 2. The summed E-state index contributed by atoms with van der Waals surface area (Å²) in [7, 11) is 0. The molecule has 3 fully saturated rings. The Morgan fingerprint density at radius 1 is 0.985 bits per heavy atom. The van der Waals surface area contributed by atoms with E-state index in [0.29, 0.717) is 74.5 Å². The molecule has 4 aliphatic rings. The monoisotopic (exact) mass is 929 g/mol. The molecular weight excluding hydrogens is 877 g/mol. The molecule has 2 aromatic heterocycles. The number of benzene rings is 2. The maximum atomic E-state index is 14.7. The van der Waals surface area contributed by atoms with Gasteiger partial charge in [-0.2, -0.15) is 0 Å². The van der Waals surface area contributed by atoms with Crippen LogP contribution >= 0.6 is 22.9 Å². The zero-order chi connectivity index (χ0) is 45.3. The molecule has 2 saturated heterocycles. The number of nitrogens with zero attached hydrogens (tertiary/aromatic N) is 4. The van der Waals surface area contributed by atoms with Crippen LogP contribution in [-0.2, 0) is 36.9 Å². The van der Waals surface area contributed by atoms with E-state index in [1.54, 1.807) is 36.5 Å². The molecule has 5 N–H and O–H groups in total. The molecule has 0 bridgehead atoms. The number of rotatable bonds is 18. The van der Waals surface area contributed by atoms with E-state index < -0.39 is 23.2 Å². The van der Waals surface area contributed by atoms with E-state index in [2.05, 4.69) is 36.5 Å². The van der Waals surface area contributed by atoms with Crippen molar-refractivity contribution in [2.24, 2.45) is 5.41 Å². The zero-order valence-electron chi connectivity index (χ0n) is 35.9. The molecule has 3 aliphatic heterocycles. The van der Waals surface area contributed by atoms with Crippen LogP contribution in [-0.4, -0.2) is 113 Å². The fourth-order valence-corrected chi connectivity index (χ4v) is 9.77. The Balaban J connectivity index is 0.756. The van der Waals surface area contributed by atoms with Crippen LogP contribution in [0.25, 0.3) is 0 Å². The lowest BCUT2D eigenvalue weighted by atomic mass is 9.69. The first-order valence-electron chi connectivity index (χ1n) is 22.1. The Morgan fingerprint density at radius 2 is 1.78 bits per heavy atom. The van der Waals surface area contributed by atoms with Gasteiger partial charge in [-0.3, -0.25) is 29.3 Å². The van der Waals surface area contributed by atoms with Gasteiger partial charge in [0.15, 0.2) is 16.7 Å². The third-order valence-electron chi connectivity index (χ3n) is 12.6. The summed E-state index contributed by atoms with van der Waals surface area (Å²) < 4.78 is 26.7. The molecule has 0 radical (unpaired) electrons. The molecule has 1 saturated carbocycles. The van der Waals surface area contributed by atoms with Crippen LogP contribution < -0.4 is 31.3 Å². The number of thiazole rings is 1. The lowest BCUT2D eigenvalue weighted by molar-refractivity contribution is -0.137. The number of nitrogens with one attached hydrogen (secondary N) is 5. The van der Waals surface area contributed by atoms with Gasteiger partial charge in [-0.25, -0.2) is 14.4 Å². The number of halogens is 2. The number of carbonyl (C=O) groups excluding carboxylic acids is 5. The van der Waals surface area contributed by atoms with Gasteiger partial charge in [-0.1, -0.05) is 29.8 Å². The van der Waals surface area contributed by atoms with E-state index in [-0.39, 0.29) is 72.5 Å². The average Bonchev–Trinajstić information content (AvgIpc) is 3.94. The molecule has 2 aromatic carbocycles. The summed E-state index contributed by atoms with van der Waals surface area (Å²) >= 11 is 7.49. The van der Waals surface area contributed by atoms with Crippen molar-refractivity contribution in [2.45, 2.75) is 82.5 Å². The molecule has 65 heavy (non-hydrogen) atoms. The number of anilines is 3. The fourth-order valence-electron chi connectivity index (χ4n) is 9.07. The number of hydrogen-bond acceptors (Lipinski definition) is 13. The third-order valence-corrected chi connectivity index (χ3v) is 13.6. The summed E-state index contributed by atoms with van der Waals surface area (Å²) in [6.07, 6.45) is 6.21. The fraction of sp³-hybridized carbons (Fsp3) is 0.457. The number of pyridine rings is 1. The molecule has 344 valence electrons. The second-order valence-electron chi connectivity index (χ2n) is 17.0. The smallest absolute Gasteiger partial charge is 0.255 e. The van der Waals surface area contributed by atoms with E-state index in [0.717, 1.165) is 43.3 Å². The first-order chi connectivity index (χ1) is 31.5. The van der Waals surface area contributed by atoms with Gasteiger partial charge in [0.2, 0.25) is 23.6 Å². The van der Waals surface area contributed by atoms with Crippen LogP contribution in [0.4, 0.5) is 21.0 Å². The molecule has 1 unspecified atom stereocenters. The maximum absolute atomic E-state index is 14.7. The Kier molecular flexibility index (Phi) is 15.0. The minimum Gasteiger partial charge on any atom is -0.487 e. The highest BCUT2D eigenvalue weighted by Crippen LogP contribution is 2.42. The normalized spacial score (nSPS) is 21.4. The molecule has 5 amide bonds. The van der Waals surface area contributed by atoms with Crippen molar-refractivity contribution in [3.05, 3.63) is 93.8 Å². The number of hydrogen-bond donors (Lipinski definition) is 5. The summed E-state index contributed by atoms with van der Waals surface area (Å²) in [4.78, 5) is 77.3. The van der Waals surface area contributed by atoms with Crippen molar-refractivity contribution in [2.75, 3.05) is 56.6 Å². The van der Waals surface area contributed by atoms with Crippen molar-refractivity contribution >= 4 is 69.1 Å². The minimum atomic E-state index is -0.734. The van der Waals surface area contributed by atoms with Gasteiger partial charge in [-0.15, -0.1) is 11.3 Å². The van der Waals surface area contributed by atoms with Gasteiger partial charge in [0.05, 0.1) is 36.3 Å². The van der Waals surface area contributed by atoms with E-state index in [4.69, 9.17) is 26.1 Å². The zero-order valence-corrected chi connectivity index (χ0v) is 37.5. The van der Waals surface area contributed by atoms with Crippen LogP contribution in [0.15, 0.2) is 66.2 Å². The van der Waals surface area contributed by atoms with Crippen LogP contribution in [0.5, 0.6) is 5.75 Å². The summed E-state index contributed by atoms with van der Waals surface area (Å²) in [5, 5.41) is 17.6. The Hall–Kier alpha value is -5.53. The quantitative estimate of drug-likeness (QED) is 0.0647. The molecular formula is C46H53ClFN9O7S.